The van der Waals surface area contributed by atoms with Crippen molar-refractivity contribution in [3.8, 4) is 0 Å². The third-order valence-corrected chi connectivity index (χ3v) is 5.87. The molecule has 200 valence electrons. The highest BCUT2D eigenvalue weighted by Crippen LogP contribution is 2.45. The van der Waals surface area contributed by atoms with E-state index in [2.05, 4.69) is 9.97 Å². The molecule has 1 aliphatic heterocycles. The van der Waals surface area contributed by atoms with Gasteiger partial charge in [0.05, 0.1) is 6.61 Å². The highest BCUT2D eigenvalue weighted by molar-refractivity contribution is 5.90. The Labute approximate surface area is 208 Å². The van der Waals surface area contributed by atoms with Gasteiger partial charge in [-0.25, -0.2) is 19.6 Å². The second-order valence-corrected chi connectivity index (χ2v) is 9.73. The largest absolute Gasteiger partial charge is 0.461 e. The topological polar surface area (TPSA) is 86.0 Å². The number of carbonyl (C=O) groups is 2. The molecule has 3 aromatic rings. The number of fused-ring (bicyclic) bond motifs is 3. The van der Waals surface area contributed by atoms with Crippen LogP contribution in [0.5, 0.6) is 0 Å². The quantitative estimate of drug-likeness (QED) is 0.331. The van der Waals surface area contributed by atoms with Gasteiger partial charge in [0, 0.05) is 30.6 Å². The lowest BCUT2D eigenvalue weighted by Gasteiger charge is -2.25. The number of ether oxygens (including phenoxy) is 2. The first kappa shape index (κ1) is 26.6. The summed E-state index contributed by atoms with van der Waals surface area (Å²) in [7, 11) is 0. The first-order valence-electron chi connectivity index (χ1n) is 11.5. The van der Waals surface area contributed by atoms with Crippen LogP contribution >= 0.6 is 0 Å². The van der Waals surface area contributed by atoms with Crippen molar-refractivity contribution in [1.29, 1.82) is 0 Å². The Morgan fingerprint density at radius 1 is 1.11 bits per heavy atom. The third-order valence-electron chi connectivity index (χ3n) is 5.87. The molecule has 1 atom stereocenters. The molecular weight excluding hydrogens is 503 g/mol. The van der Waals surface area contributed by atoms with Gasteiger partial charge in [0.2, 0.25) is 0 Å². The van der Waals surface area contributed by atoms with Crippen molar-refractivity contribution in [3.63, 3.8) is 0 Å². The average Bonchev–Trinajstić information content (AvgIpc) is 3.44. The molecule has 0 spiro atoms. The van der Waals surface area contributed by atoms with Gasteiger partial charge in [-0.2, -0.15) is 22.0 Å². The number of pyridine rings is 2. The van der Waals surface area contributed by atoms with Crippen LogP contribution in [-0.2, 0) is 15.4 Å². The molecule has 0 saturated carbocycles. The Hall–Kier alpha value is -3.51. The molecule has 0 aliphatic carbocycles. The molecule has 3 aromatic heterocycles. The van der Waals surface area contributed by atoms with Crippen LogP contribution in [0.1, 0.15) is 61.8 Å². The minimum Gasteiger partial charge on any atom is -0.461 e. The summed E-state index contributed by atoms with van der Waals surface area (Å²) in [4.78, 5) is 33.8. The Kier molecular flexibility index (Phi) is 6.53. The number of halogens is 5. The van der Waals surface area contributed by atoms with Gasteiger partial charge < -0.3 is 14.4 Å². The SMILES string of the molecule is CCOC(=O)c1cn2c(ccc3c(C4CCN(C(=O)OC(C)(C)C)C4)cc(C(F)(F)C(F)(F)F)nc32)n1. The Balaban J connectivity index is 1.86. The first-order chi connectivity index (χ1) is 17.1. The number of likely N-dealkylation sites (tertiary alicyclic amines) is 1. The van der Waals surface area contributed by atoms with E-state index in [9.17, 15) is 31.5 Å². The van der Waals surface area contributed by atoms with Crippen LogP contribution in [-0.4, -0.2) is 62.8 Å². The fourth-order valence-electron chi connectivity index (χ4n) is 4.21. The number of carbonyl (C=O) groups excluding carboxylic acids is 2. The number of imidazole rings is 1. The number of amides is 1. The number of aromatic nitrogens is 3. The summed E-state index contributed by atoms with van der Waals surface area (Å²) in [5.41, 5.74) is -2.34. The minimum atomic E-state index is -5.89. The van der Waals surface area contributed by atoms with E-state index < -0.39 is 41.4 Å². The van der Waals surface area contributed by atoms with Gasteiger partial charge in [-0.15, -0.1) is 0 Å². The van der Waals surface area contributed by atoms with Gasteiger partial charge in [0.15, 0.2) is 5.69 Å². The first-order valence-corrected chi connectivity index (χ1v) is 11.5. The molecule has 0 radical (unpaired) electrons. The Bertz CT molecular complexity index is 1360. The van der Waals surface area contributed by atoms with Crippen LogP contribution in [0.15, 0.2) is 24.4 Å². The molecule has 1 unspecified atom stereocenters. The second-order valence-electron chi connectivity index (χ2n) is 9.73. The number of alkyl halides is 5. The molecular formula is C24H25F5N4O4. The average molecular weight is 528 g/mol. The van der Waals surface area contributed by atoms with Crippen LogP contribution in [0.3, 0.4) is 0 Å². The lowest BCUT2D eigenvalue weighted by Crippen LogP contribution is -2.35. The number of hydrogen-bond acceptors (Lipinski definition) is 6. The fraction of sp³-hybridized carbons (Fsp3) is 0.500. The maximum Gasteiger partial charge on any atom is 0.459 e. The monoisotopic (exact) mass is 528 g/mol. The second kappa shape index (κ2) is 9.10. The molecule has 8 nitrogen and oxygen atoms in total. The predicted molar refractivity (Wildman–Crippen MR) is 122 cm³/mol. The number of hydrogen-bond donors (Lipinski definition) is 0. The van der Waals surface area contributed by atoms with E-state index in [1.807, 2.05) is 0 Å². The number of rotatable bonds is 4. The van der Waals surface area contributed by atoms with E-state index in [1.54, 1.807) is 27.7 Å². The standard InChI is InChI=1S/C24H25F5N4O4/c1-5-36-20(34)16-12-33-18(30-16)7-6-14-15(10-17(31-19(14)33)23(25,26)24(27,28)29)13-8-9-32(11-13)21(35)37-22(2,3)4/h6-7,10,12-13H,5,8-9,11H2,1-4H3. The lowest BCUT2D eigenvalue weighted by molar-refractivity contribution is -0.290. The third kappa shape index (κ3) is 5.03. The summed E-state index contributed by atoms with van der Waals surface area (Å²) in [6, 6.07) is 3.74. The van der Waals surface area contributed by atoms with Crippen LogP contribution < -0.4 is 0 Å². The van der Waals surface area contributed by atoms with E-state index in [0.717, 1.165) is 6.07 Å². The maximum absolute atomic E-state index is 14.5. The van der Waals surface area contributed by atoms with Crippen molar-refractivity contribution < 1.29 is 41.0 Å². The molecule has 13 heteroatoms. The summed E-state index contributed by atoms with van der Waals surface area (Å²) >= 11 is 0. The van der Waals surface area contributed by atoms with Gasteiger partial charge in [-0.1, -0.05) is 0 Å². The molecule has 1 saturated heterocycles. The molecule has 4 rings (SSSR count). The van der Waals surface area contributed by atoms with Crippen molar-refractivity contribution in [2.75, 3.05) is 19.7 Å². The van der Waals surface area contributed by atoms with E-state index in [0.29, 0.717) is 6.42 Å². The molecule has 0 aromatic carbocycles. The summed E-state index contributed by atoms with van der Waals surface area (Å²) in [6.07, 6.45) is -5.00. The lowest BCUT2D eigenvalue weighted by atomic mass is 9.94. The van der Waals surface area contributed by atoms with E-state index in [4.69, 9.17) is 9.47 Å². The zero-order chi connectivity index (χ0) is 27.3. The zero-order valence-electron chi connectivity index (χ0n) is 20.5. The van der Waals surface area contributed by atoms with E-state index in [1.165, 1.54) is 27.6 Å². The van der Waals surface area contributed by atoms with Gasteiger partial charge >= 0.3 is 24.2 Å². The van der Waals surface area contributed by atoms with Gasteiger partial charge in [0.1, 0.15) is 22.6 Å². The van der Waals surface area contributed by atoms with Crippen LogP contribution in [0, 0.1) is 0 Å². The normalized spacial score (nSPS) is 17.0. The Morgan fingerprint density at radius 2 is 1.81 bits per heavy atom. The summed E-state index contributed by atoms with van der Waals surface area (Å²) in [6.45, 7) is 7.03. The summed E-state index contributed by atoms with van der Waals surface area (Å²) in [5.74, 6) is -6.59. The minimum absolute atomic E-state index is 0.0566. The smallest absolute Gasteiger partial charge is 0.459 e. The van der Waals surface area contributed by atoms with Gasteiger partial charge in [0.25, 0.3) is 0 Å². The van der Waals surface area contributed by atoms with Crippen molar-refractivity contribution >= 4 is 28.7 Å². The summed E-state index contributed by atoms with van der Waals surface area (Å²) in [5, 5.41) is 0.290. The van der Waals surface area contributed by atoms with Gasteiger partial charge in [-0.05, 0) is 57.9 Å². The van der Waals surface area contributed by atoms with Crippen molar-refractivity contribution in [3.05, 3.63) is 41.3 Å². The number of nitrogens with zero attached hydrogens (tertiary/aromatic N) is 4. The van der Waals surface area contributed by atoms with Crippen LogP contribution in [0.25, 0.3) is 16.7 Å². The van der Waals surface area contributed by atoms with Crippen LogP contribution in [0.4, 0.5) is 26.7 Å². The molecule has 0 bridgehead atoms. The molecule has 1 amide bonds. The molecule has 1 aliphatic rings. The fourth-order valence-corrected chi connectivity index (χ4v) is 4.21. The van der Waals surface area contributed by atoms with E-state index in [-0.39, 0.29) is 47.6 Å². The molecule has 4 heterocycles. The van der Waals surface area contributed by atoms with E-state index >= 15 is 0 Å². The zero-order valence-corrected chi connectivity index (χ0v) is 20.5. The van der Waals surface area contributed by atoms with Crippen LogP contribution in [0.2, 0.25) is 0 Å². The summed E-state index contributed by atoms with van der Waals surface area (Å²) < 4.78 is 80.5. The highest BCUT2D eigenvalue weighted by atomic mass is 19.4. The van der Waals surface area contributed by atoms with Crippen molar-refractivity contribution in [1.82, 2.24) is 19.3 Å². The molecule has 37 heavy (non-hydrogen) atoms. The number of esters is 1. The van der Waals surface area contributed by atoms with Gasteiger partial charge in [-0.3, -0.25) is 4.40 Å². The molecule has 1 fully saturated rings. The van der Waals surface area contributed by atoms with Crippen molar-refractivity contribution in [2.24, 2.45) is 0 Å². The predicted octanol–water partition coefficient (Wildman–Crippen LogP) is 5.44. The highest BCUT2D eigenvalue weighted by Gasteiger charge is 2.60. The van der Waals surface area contributed by atoms with Crippen molar-refractivity contribution in [2.45, 2.75) is 57.7 Å². The Morgan fingerprint density at radius 3 is 2.43 bits per heavy atom. The molecule has 0 N–H and O–H groups in total. The maximum atomic E-state index is 14.5.